The normalized spacial score (nSPS) is 13.4. The van der Waals surface area contributed by atoms with Gasteiger partial charge in [-0.25, -0.2) is 4.79 Å². The predicted octanol–water partition coefficient (Wildman–Crippen LogP) is 2.35. The zero-order valence-corrected chi connectivity index (χ0v) is 14.5. The lowest BCUT2D eigenvalue weighted by atomic mass is 10.1. The molecule has 0 aliphatic rings. The summed E-state index contributed by atoms with van der Waals surface area (Å²) in [6, 6.07) is 0. The topological polar surface area (TPSA) is 93.1 Å². The van der Waals surface area contributed by atoms with Crippen LogP contribution in [-0.4, -0.2) is 47.6 Å². The summed E-state index contributed by atoms with van der Waals surface area (Å²) >= 11 is 0. The van der Waals surface area contributed by atoms with E-state index in [0.717, 1.165) is 19.3 Å². The Morgan fingerprint density at radius 1 is 0.870 bits per heavy atom. The van der Waals surface area contributed by atoms with Crippen LogP contribution in [0.4, 0.5) is 0 Å². The highest BCUT2D eigenvalue weighted by atomic mass is 16.6. The van der Waals surface area contributed by atoms with Gasteiger partial charge in [-0.05, 0) is 13.3 Å². The van der Waals surface area contributed by atoms with Crippen molar-refractivity contribution in [1.82, 2.24) is 0 Å². The Labute approximate surface area is 139 Å². The van der Waals surface area contributed by atoms with Crippen LogP contribution >= 0.6 is 0 Å². The highest BCUT2D eigenvalue weighted by Gasteiger charge is 2.14. The Morgan fingerprint density at radius 3 is 1.96 bits per heavy atom. The third-order valence-corrected chi connectivity index (χ3v) is 3.43. The van der Waals surface area contributed by atoms with Crippen LogP contribution in [0.1, 0.15) is 71.6 Å². The van der Waals surface area contributed by atoms with Crippen LogP contribution in [0.15, 0.2) is 0 Å². The monoisotopic (exact) mass is 332 g/mol. The predicted molar refractivity (Wildman–Crippen MR) is 86.8 cm³/mol. The molecule has 6 heteroatoms. The number of ether oxygens (including phenoxy) is 2. The number of carbonyl (C=O) groups excluding carboxylic acids is 2. The van der Waals surface area contributed by atoms with Gasteiger partial charge in [0, 0.05) is 6.42 Å². The molecule has 0 radical (unpaired) electrons. The fraction of sp³-hybridized carbons (Fsp3) is 0.882. The molecule has 0 aliphatic carbocycles. The molecule has 136 valence electrons. The molecular formula is C17H32O6. The summed E-state index contributed by atoms with van der Waals surface area (Å²) in [5.74, 6) is -1.16. The van der Waals surface area contributed by atoms with E-state index in [0.29, 0.717) is 6.42 Å². The maximum Gasteiger partial charge on any atom is 0.334 e. The third kappa shape index (κ3) is 14.2. The van der Waals surface area contributed by atoms with Gasteiger partial charge in [0.25, 0.3) is 0 Å². The molecule has 0 bridgehead atoms. The van der Waals surface area contributed by atoms with Crippen LogP contribution in [0.2, 0.25) is 0 Å². The SMILES string of the molecule is CCCCCCCCCCC(=O)OCC(O)COC(=O)C(C)O. The molecule has 23 heavy (non-hydrogen) atoms. The number of unbranched alkanes of at least 4 members (excludes halogenated alkanes) is 7. The van der Waals surface area contributed by atoms with Crippen LogP contribution < -0.4 is 0 Å². The van der Waals surface area contributed by atoms with Gasteiger partial charge in [-0.3, -0.25) is 4.79 Å². The van der Waals surface area contributed by atoms with E-state index in [1.54, 1.807) is 0 Å². The molecule has 0 aromatic rings. The molecule has 0 fully saturated rings. The number of carbonyl (C=O) groups is 2. The third-order valence-electron chi connectivity index (χ3n) is 3.43. The van der Waals surface area contributed by atoms with Gasteiger partial charge in [-0.15, -0.1) is 0 Å². The Morgan fingerprint density at radius 2 is 1.39 bits per heavy atom. The van der Waals surface area contributed by atoms with Gasteiger partial charge in [0.15, 0.2) is 0 Å². The number of aliphatic hydroxyl groups excluding tert-OH is 2. The lowest BCUT2D eigenvalue weighted by Crippen LogP contribution is -2.28. The van der Waals surface area contributed by atoms with Crippen LogP contribution in [0.25, 0.3) is 0 Å². The zero-order valence-electron chi connectivity index (χ0n) is 14.5. The van der Waals surface area contributed by atoms with Crippen molar-refractivity contribution in [3.63, 3.8) is 0 Å². The molecule has 0 rings (SSSR count). The first-order valence-electron chi connectivity index (χ1n) is 8.65. The molecule has 0 aliphatic heterocycles. The van der Waals surface area contributed by atoms with E-state index < -0.39 is 18.2 Å². The van der Waals surface area contributed by atoms with E-state index in [-0.39, 0.29) is 19.2 Å². The summed E-state index contributed by atoms with van der Waals surface area (Å²) in [7, 11) is 0. The molecule has 0 saturated heterocycles. The second kappa shape index (κ2) is 14.5. The average Bonchev–Trinajstić information content (AvgIpc) is 2.52. The van der Waals surface area contributed by atoms with Crippen molar-refractivity contribution in [2.24, 2.45) is 0 Å². The first kappa shape index (κ1) is 21.9. The highest BCUT2D eigenvalue weighted by molar-refractivity contribution is 5.73. The fourth-order valence-corrected chi connectivity index (χ4v) is 2.01. The minimum Gasteiger partial charge on any atom is -0.463 e. The van der Waals surface area contributed by atoms with E-state index in [1.807, 2.05) is 0 Å². The molecule has 0 spiro atoms. The number of aliphatic hydroxyl groups is 2. The molecule has 6 nitrogen and oxygen atoms in total. The van der Waals surface area contributed by atoms with Crippen LogP contribution in [0.5, 0.6) is 0 Å². The molecule has 0 aromatic carbocycles. The standard InChI is InChI=1S/C17H32O6/c1-3-4-5-6-7-8-9-10-11-16(20)22-12-15(19)13-23-17(21)14(2)18/h14-15,18-19H,3-13H2,1-2H3. The average molecular weight is 332 g/mol. The zero-order chi connectivity index (χ0) is 17.5. The number of hydrogen-bond donors (Lipinski definition) is 2. The minimum absolute atomic E-state index is 0.205. The van der Waals surface area contributed by atoms with Crippen molar-refractivity contribution in [3.05, 3.63) is 0 Å². The van der Waals surface area contributed by atoms with Crippen LogP contribution in [0.3, 0.4) is 0 Å². The highest BCUT2D eigenvalue weighted by Crippen LogP contribution is 2.10. The molecule has 0 amide bonds. The molecular weight excluding hydrogens is 300 g/mol. The van der Waals surface area contributed by atoms with Gasteiger partial charge in [0.1, 0.15) is 25.4 Å². The van der Waals surface area contributed by atoms with E-state index in [2.05, 4.69) is 11.7 Å². The molecule has 2 unspecified atom stereocenters. The van der Waals surface area contributed by atoms with Gasteiger partial charge in [-0.2, -0.15) is 0 Å². The Bertz CT molecular complexity index is 316. The van der Waals surface area contributed by atoms with Gasteiger partial charge >= 0.3 is 11.9 Å². The van der Waals surface area contributed by atoms with Gasteiger partial charge in [0.2, 0.25) is 0 Å². The summed E-state index contributed by atoms with van der Waals surface area (Å²) in [6.07, 6.45) is 7.28. The summed E-state index contributed by atoms with van der Waals surface area (Å²) in [4.78, 5) is 22.5. The summed E-state index contributed by atoms with van der Waals surface area (Å²) in [5.41, 5.74) is 0. The van der Waals surface area contributed by atoms with Crippen molar-refractivity contribution in [1.29, 1.82) is 0 Å². The van der Waals surface area contributed by atoms with Crippen LogP contribution in [-0.2, 0) is 19.1 Å². The van der Waals surface area contributed by atoms with Crippen molar-refractivity contribution in [2.75, 3.05) is 13.2 Å². The van der Waals surface area contributed by atoms with E-state index in [1.165, 1.54) is 39.0 Å². The van der Waals surface area contributed by atoms with Gasteiger partial charge < -0.3 is 19.7 Å². The van der Waals surface area contributed by atoms with E-state index >= 15 is 0 Å². The van der Waals surface area contributed by atoms with Crippen LogP contribution in [0, 0.1) is 0 Å². The molecule has 2 N–H and O–H groups in total. The molecule has 0 heterocycles. The number of rotatable bonds is 14. The molecule has 0 saturated carbocycles. The second-order valence-electron chi connectivity index (χ2n) is 5.87. The summed E-state index contributed by atoms with van der Waals surface area (Å²) in [5, 5.41) is 18.4. The maximum atomic E-state index is 11.5. The molecule has 2 atom stereocenters. The van der Waals surface area contributed by atoms with Crippen molar-refractivity contribution in [3.8, 4) is 0 Å². The Balaban J connectivity index is 3.47. The lowest BCUT2D eigenvalue weighted by Gasteiger charge is -2.12. The Hall–Kier alpha value is -1.14. The fourth-order valence-electron chi connectivity index (χ4n) is 2.01. The van der Waals surface area contributed by atoms with E-state index in [4.69, 9.17) is 9.84 Å². The lowest BCUT2D eigenvalue weighted by molar-refractivity contribution is -0.158. The van der Waals surface area contributed by atoms with Gasteiger partial charge in [0.05, 0.1) is 0 Å². The number of hydrogen-bond acceptors (Lipinski definition) is 6. The minimum atomic E-state index is -1.23. The van der Waals surface area contributed by atoms with Crippen molar-refractivity contribution < 1.29 is 29.3 Å². The van der Waals surface area contributed by atoms with Crippen molar-refractivity contribution in [2.45, 2.75) is 83.8 Å². The van der Waals surface area contributed by atoms with E-state index in [9.17, 15) is 14.7 Å². The summed E-state index contributed by atoms with van der Waals surface area (Å²) < 4.78 is 9.53. The second-order valence-corrected chi connectivity index (χ2v) is 5.87. The first-order chi connectivity index (χ1) is 11.0. The van der Waals surface area contributed by atoms with Gasteiger partial charge in [-0.1, -0.05) is 51.9 Å². The smallest absolute Gasteiger partial charge is 0.334 e. The maximum absolute atomic E-state index is 11.5. The number of esters is 2. The molecule has 0 aromatic heterocycles. The largest absolute Gasteiger partial charge is 0.463 e. The quantitative estimate of drug-likeness (QED) is 0.375. The summed E-state index contributed by atoms with van der Waals surface area (Å²) in [6.45, 7) is 2.97. The Kier molecular flexibility index (Phi) is 13.7. The first-order valence-corrected chi connectivity index (χ1v) is 8.65. The van der Waals surface area contributed by atoms with Crippen molar-refractivity contribution >= 4 is 11.9 Å².